The van der Waals surface area contributed by atoms with E-state index in [0.29, 0.717) is 28.8 Å². The van der Waals surface area contributed by atoms with Gasteiger partial charge in [0.25, 0.3) is 5.89 Å². The first kappa shape index (κ1) is 13.1. The highest BCUT2D eigenvalue weighted by atomic mass is 16.5. The van der Waals surface area contributed by atoms with Crippen molar-refractivity contribution in [3.05, 3.63) is 42.7 Å². The zero-order valence-corrected chi connectivity index (χ0v) is 11.6. The lowest BCUT2D eigenvalue weighted by molar-refractivity contribution is 0.355. The van der Waals surface area contributed by atoms with Gasteiger partial charge in [-0.15, -0.1) is 10.2 Å². The van der Waals surface area contributed by atoms with Crippen molar-refractivity contribution in [3.63, 3.8) is 0 Å². The van der Waals surface area contributed by atoms with Crippen LogP contribution in [0.2, 0.25) is 0 Å². The third-order valence-electron chi connectivity index (χ3n) is 2.97. The topological polar surface area (TPSA) is 70.3 Å². The van der Waals surface area contributed by atoms with Crippen LogP contribution in [0.3, 0.4) is 0 Å². The summed E-state index contributed by atoms with van der Waals surface area (Å²) < 4.78 is 16.3. The Morgan fingerprint density at radius 1 is 0.952 bits per heavy atom. The molecule has 6 heteroatoms. The number of para-hydroxylation sites is 1. The number of hydrogen-bond donors (Lipinski definition) is 0. The number of methoxy groups -OCH3 is 2. The number of hydrogen-bond acceptors (Lipinski definition) is 6. The second kappa shape index (κ2) is 5.62. The molecule has 3 rings (SSSR count). The van der Waals surface area contributed by atoms with Crippen LogP contribution in [0.4, 0.5) is 0 Å². The Kier molecular flexibility index (Phi) is 3.51. The molecule has 0 atom stereocenters. The molecule has 0 N–H and O–H groups in total. The molecule has 106 valence electrons. The average molecular weight is 283 g/mol. The van der Waals surface area contributed by atoms with E-state index in [9.17, 15) is 0 Å². The van der Waals surface area contributed by atoms with Gasteiger partial charge >= 0.3 is 0 Å². The van der Waals surface area contributed by atoms with Gasteiger partial charge in [-0.3, -0.25) is 4.98 Å². The second-order valence-corrected chi connectivity index (χ2v) is 4.20. The van der Waals surface area contributed by atoms with Gasteiger partial charge in [0, 0.05) is 12.4 Å². The van der Waals surface area contributed by atoms with E-state index in [1.54, 1.807) is 32.7 Å². The van der Waals surface area contributed by atoms with E-state index in [-0.39, 0.29) is 0 Å². The van der Waals surface area contributed by atoms with Crippen LogP contribution in [0.25, 0.3) is 22.9 Å². The maximum atomic E-state index is 5.70. The van der Waals surface area contributed by atoms with E-state index >= 15 is 0 Å². The fourth-order valence-corrected chi connectivity index (χ4v) is 1.99. The summed E-state index contributed by atoms with van der Waals surface area (Å²) in [5, 5.41) is 8.11. The standard InChI is InChI=1S/C15H13N3O3/c1-19-12-7-3-6-11(13(12)20-2)15-18-17-14(21-15)10-5-4-8-16-9-10/h3-9H,1-2H3. The number of ether oxygens (including phenoxy) is 2. The van der Waals surface area contributed by atoms with Crippen molar-refractivity contribution in [2.24, 2.45) is 0 Å². The molecule has 3 aromatic rings. The lowest BCUT2D eigenvalue weighted by Crippen LogP contribution is -1.93. The van der Waals surface area contributed by atoms with Crippen LogP contribution in [0.1, 0.15) is 0 Å². The Labute approximate surface area is 121 Å². The monoisotopic (exact) mass is 283 g/mol. The van der Waals surface area contributed by atoms with Crippen molar-refractivity contribution < 1.29 is 13.9 Å². The lowest BCUT2D eigenvalue weighted by atomic mass is 10.2. The molecule has 0 bridgehead atoms. The van der Waals surface area contributed by atoms with Gasteiger partial charge < -0.3 is 13.9 Å². The van der Waals surface area contributed by atoms with Crippen LogP contribution in [0, 0.1) is 0 Å². The van der Waals surface area contributed by atoms with Crippen LogP contribution >= 0.6 is 0 Å². The van der Waals surface area contributed by atoms with E-state index in [1.165, 1.54) is 0 Å². The highest BCUT2D eigenvalue weighted by Crippen LogP contribution is 2.37. The van der Waals surface area contributed by atoms with Crippen molar-refractivity contribution in [2.45, 2.75) is 0 Å². The minimum absolute atomic E-state index is 0.365. The fourth-order valence-electron chi connectivity index (χ4n) is 1.99. The number of nitrogens with zero attached hydrogens (tertiary/aromatic N) is 3. The van der Waals surface area contributed by atoms with Crippen molar-refractivity contribution in [1.82, 2.24) is 15.2 Å². The van der Waals surface area contributed by atoms with E-state index in [2.05, 4.69) is 15.2 Å². The first-order valence-corrected chi connectivity index (χ1v) is 6.28. The lowest BCUT2D eigenvalue weighted by Gasteiger charge is -2.09. The molecule has 6 nitrogen and oxygen atoms in total. The van der Waals surface area contributed by atoms with Crippen molar-refractivity contribution in [1.29, 1.82) is 0 Å². The SMILES string of the molecule is COc1cccc(-c2nnc(-c3cccnc3)o2)c1OC. The Morgan fingerprint density at radius 3 is 2.52 bits per heavy atom. The largest absolute Gasteiger partial charge is 0.493 e. The summed E-state index contributed by atoms with van der Waals surface area (Å²) >= 11 is 0. The third-order valence-corrected chi connectivity index (χ3v) is 2.97. The van der Waals surface area contributed by atoms with Gasteiger partial charge in [0.15, 0.2) is 11.5 Å². The molecule has 0 saturated heterocycles. The molecule has 0 amide bonds. The molecule has 0 radical (unpaired) electrons. The molecule has 2 aromatic heterocycles. The Bertz CT molecular complexity index is 741. The quantitative estimate of drug-likeness (QED) is 0.733. The van der Waals surface area contributed by atoms with Gasteiger partial charge in [-0.05, 0) is 24.3 Å². The number of pyridine rings is 1. The van der Waals surface area contributed by atoms with Gasteiger partial charge in [0.05, 0.1) is 25.3 Å². The summed E-state index contributed by atoms with van der Waals surface area (Å²) in [6, 6.07) is 9.14. The smallest absolute Gasteiger partial charge is 0.252 e. The Morgan fingerprint density at radius 2 is 1.81 bits per heavy atom. The molecular formula is C15H13N3O3. The van der Waals surface area contributed by atoms with Gasteiger partial charge in [0.1, 0.15) is 0 Å². The fraction of sp³-hybridized carbons (Fsp3) is 0.133. The summed E-state index contributed by atoms with van der Waals surface area (Å²) in [7, 11) is 3.15. The van der Waals surface area contributed by atoms with Crippen LogP contribution in [-0.4, -0.2) is 29.4 Å². The van der Waals surface area contributed by atoms with Crippen molar-refractivity contribution in [2.75, 3.05) is 14.2 Å². The molecule has 0 saturated carbocycles. The molecule has 0 aliphatic carbocycles. The van der Waals surface area contributed by atoms with Crippen LogP contribution in [0.5, 0.6) is 11.5 Å². The van der Waals surface area contributed by atoms with Gasteiger partial charge in [-0.25, -0.2) is 0 Å². The third kappa shape index (κ3) is 2.43. The molecule has 0 fully saturated rings. The zero-order valence-electron chi connectivity index (χ0n) is 11.6. The zero-order chi connectivity index (χ0) is 14.7. The highest BCUT2D eigenvalue weighted by Gasteiger charge is 2.17. The average Bonchev–Trinajstić information content (AvgIpc) is 3.04. The minimum Gasteiger partial charge on any atom is -0.493 e. The first-order chi connectivity index (χ1) is 10.3. The maximum Gasteiger partial charge on any atom is 0.252 e. The van der Waals surface area contributed by atoms with Crippen LogP contribution in [0.15, 0.2) is 47.1 Å². The minimum atomic E-state index is 0.365. The summed E-state index contributed by atoms with van der Waals surface area (Å²) in [6.07, 6.45) is 3.35. The van der Waals surface area contributed by atoms with E-state index < -0.39 is 0 Å². The Balaban J connectivity index is 2.05. The van der Waals surface area contributed by atoms with Crippen molar-refractivity contribution in [3.8, 4) is 34.4 Å². The summed E-state index contributed by atoms with van der Waals surface area (Å²) in [4.78, 5) is 4.03. The van der Waals surface area contributed by atoms with Crippen LogP contribution in [-0.2, 0) is 0 Å². The second-order valence-electron chi connectivity index (χ2n) is 4.20. The molecule has 0 aliphatic heterocycles. The Hall–Kier alpha value is -2.89. The maximum absolute atomic E-state index is 5.70. The highest BCUT2D eigenvalue weighted by molar-refractivity contribution is 5.68. The molecule has 1 aromatic carbocycles. The predicted molar refractivity (Wildman–Crippen MR) is 76.1 cm³/mol. The summed E-state index contributed by atoms with van der Waals surface area (Å²) in [6.45, 7) is 0. The van der Waals surface area contributed by atoms with Gasteiger partial charge in [0.2, 0.25) is 5.89 Å². The summed E-state index contributed by atoms with van der Waals surface area (Å²) in [5.74, 6) is 1.94. The van der Waals surface area contributed by atoms with E-state index in [4.69, 9.17) is 13.9 Å². The molecule has 0 aliphatic rings. The van der Waals surface area contributed by atoms with Crippen LogP contribution < -0.4 is 9.47 Å². The normalized spacial score (nSPS) is 10.4. The van der Waals surface area contributed by atoms with Crippen molar-refractivity contribution >= 4 is 0 Å². The van der Waals surface area contributed by atoms with E-state index in [0.717, 1.165) is 5.56 Å². The first-order valence-electron chi connectivity index (χ1n) is 6.28. The van der Waals surface area contributed by atoms with E-state index in [1.807, 2.05) is 24.3 Å². The molecule has 0 spiro atoms. The van der Waals surface area contributed by atoms with Gasteiger partial charge in [-0.1, -0.05) is 6.07 Å². The predicted octanol–water partition coefficient (Wildman–Crippen LogP) is 2.82. The summed E-state index contributed by atoms with van der Waals surface area (Å²) in [5.41, 5.74) is 1.44. The number of benzene rings is 1. The molecular weight excluding hydrogens is 270 g/mol. The molecule has 0 unspecified atom stereocenters. The number of aromatic nitrogens is 3. The molecule has 21 heavy (non-hydrogen) atoms. The number of rotatable bonds is 4. The molecule has 2 heterocycles. The van der Waals surface area contributed by atoms with Gasteiger partial charge in [-0.2, -0.15) is 0 Å².